The van der Waals surface area contributed by atoms with Crippen LogP contribution in [0.4, 0.5) is 9.18 Å². The highest BCUT2D eigenvalue weighted by atomic mass is 19.1. The molecule has 1 saturated heterocycles. The molecule has 11 heteroatoms. The Kier molecular flexibility index (Phi) is 8.04. The van der Waals surface area contributed by atoms with Gasteiger partial charge < -0.3 is 21.3 Å². The first-order valence-corrected chi connectivity index (χ1v) is 9.85. The van der Waals surface area contributed by atoms with Crippen LogP contribution in [0.5, 0.6) is 0 Å². The van der Waals surface area contributed by atoms with Gasteiger partial charge in [0.15, 0.2) is 0 Å². The van der Waals surface area contributed by atoms with Gasteiger partial charge in [0.05, 0.1) is 6.04 Å². The number of rotatable bonds is 7. The van der Waals surface area contributed by atoms with E-state index in [1.54, 1.807) is 41.5 Å². The van der Waals surface area contributed by atoms with E-state index in [0.717, 1.165) is 0 Å². The smallest absolute Gasteiger partial charge is 0.363 e. The van der Waals surface area contributed by atoms with Gasteiger partial charge in [-0.25, -0.2) is 4.79 Å². The third-order valence-electron chi connectivity index (χ3n) is 4.64. The zero-order chi connectivity index (χ0) is 23.4. The minimum absolute atomic E-state index is 0.171. The van der Waals surface area contributed by atoms with Crippen LogP contribution in [0.15, 0.2) is 0 Å². The number of nitrogens with one attached hydrogen (secondary N) is 2. The van der Waals surface area contributed by atoms with Gasteiger partial charge in [0, 0.05) is 21.8 Å². The largest absolute Gasteiger partial charge is 0.407 e. The molecule has 1 heterocycles. The van der Waals surface area contributed by atoms with Crippen LogP contribution in [0.2, 0.25) is 0 Å². The Morgan fingerprint density at radius 3 is 2.20 bits per heavy atom. The van der Waals surface area contributed by atoms with Crippen molar-refractivity contribution in [3.05, 3.63) is 4.91 Å². The number of Topliss-reactive ketones (excluding diaryl/α,β-unsaturated/α-hetero) is 1. The van der Waals surface area contributed by atoms with Crippen molar-refractivity contribution >= 4 is 23.6 Å². The Morgan fingerprint density at radius 1 is 1.17 bits per heavy atom. The average molecular weight is 431 g/mol. The monoisotopic (exact) mass is 430 g/mol. The molecule has 30 heavy (non-hydrogen) atoms. The summed E-state index contributed by atoms with van der Waals surface area (Å²) in [6.07, 6.45) is -1.71. The molecular formula is C19H33FN5O5+. The molecule has 1 fully saturated rings. The van der Waals surface area contributed by atoms with E-state index in [4.69, 9.17) is 5.73 Å². The number of nitrogens with zero attached hydrogens (tertiary/aromatic N) is 2. The molecule has 1 aliphatic rings. The second-order valence-electron chi connectivity index (χ2n) is 9.64. The summed E-state index contributed by atoms with van der Waals surface area (Å²) in [5, 5.41) is 5.44. The van der Waals surface area contributed by atoms with Gasteiger partial charge in [-0.15, -0.1) is 0 Å². The lowest BCUT2D eigenvalue weighted by atomic mass is 9.85. The lowest BCUT2D eigenvalue weighted by Crippen LogP contribution is -2.59. The van der Waals surface area contributed by atoms with Crippen molar-refractivity contribution in [3.8, 4) is 0 Å². The fourth-order valence-electron chi connectivity index (χ4n) is 3.19. The number of hydrogen-bond donors (Lipinski definition) is 3. The highest BCUT2D eigenvalue weighted by Gasteiger charge is 2.44. The molecule has 0 aromatic carbocycles. The quantitative estimate of drug-likeness (QED) is 0.308. The lowest BCUT2D eigenvalue weighted by molar-refractivity contribution is -0.600. The molecule has 170 valence electrons. The number of urea groups is 1. The van der Waals surface area contributed by atoms with Gasteiger partial charge in [-0.2, -0.15) is 4.39 Å². The van der Waals surface area contributed by atoms with Crippen molar-refractivity contribution < 1.29 is 28.3 Å². The summed E-state index contributed by atoms with van der Waals surface area (Å²) in [6.45, 7) is 10.6. The zero-order valence-corrected chi connectivity index (χ0v) is 18.5. The summed E-state index contributed by atoms with van der Waals surface area (Å²) in [4.78, 5) is 61.1. The molecule has 4 N–H and O–H groups in total. The van der Waals surface area contributed by atoms with Crippen molar-refractivity contribution in [1.29, 1.82) is 0 Å². The Labute approximate surface area is 175 Å². The van der Waals surface area contributed by atoms with Gasteiger partial charge >= 0.3 is 18.1 Å². The Balaban J connectivity index is 2.95. The van der Waals surface area contributed by atoms with E-state index in [0.29, 0.717) is 19.4 Å². The lowest BCUT2D eigenvalue weighted by Gasteiger charge is -2.35. The Morgan fingerprint density at radius 2 is 1.73 bits per heavy atom. The van der Waals surface area contributed by atoms with E-state index in [1.165, 1.54) is 4.90 Å². The Hall–Kier alpha value is -2.59. The number of amides is 4. The predicted molar refractivity (Wildman–Crippen MR) is 107 cm³/mol. The van der Waals surface area contributed by atoms with Crippen LogP contribution in [-0.4, -0.2) is 70.3 Å². The van der Waals surface area contributed by atoms with E-state index in [9.17, 15) is 28.5 Å². The van der Waals surface area contributed by atoms with Gasteiger partial charge in [-0.3, -0.25) is 14.4 Å². The first kappa shape index (κ1) is 25.4. The first-order valence-electron chi connectivity index (χ1n) is 9.85. The Bertz CT molecular complexity index is 713. The number of nitrogens with two attached hydrogens (primary N) is 1. The number of nitroso groups, excluding NO2 is 1. The van der Waals surface area contributed by atoms with Crippen LogP contribution >= 0.6 is 0 Å². The first-order chi connectivity index (χ1) is 13.5. The molecule has 0 bridgehead atoms. The van der Waals surface area contributed by atoms with E-state index < -0.39 is 59.5 Å². The molecule has 4 amide bonds. The molecule has 3 atom stereocenters. The van der Waals surface area contributed by atoms with Crippen LogP contribution in [0.3, 0.4) is 0 Å². The standard InChI is InChI=1S/C19H32FN5O5/c1-18(2,3)13(22-17(29)23-19(4,5)6)16(28)24-9-7-8-11(24)10-25(30)14(20)12(26)15(21)27/h11,13-14H,7-10H2,1-6H3,(H3-,21,22,23,27,29)/p+1. The highest BCUT2D eigenvalue weighted by molar-refractivity contribution is 6.36. The number of primary amides is 1. The molecule has 0 radical (unpaired) electrons. The zero-order valence-electron chi connectivity index (χ0n) is 18.5. The highest BCUT2D eigenvalue weighted by Crippen LogP contribution is 2.26. The summed E-state index contributed by atoms with van der Waals surface area (Å²) in [5.74, 6) is -3.57. The SMILES string of the molecule is CC(C)(C)NC(=O)NC(C(=O)N1CCCC1C[N+](=O)C(F)C(=O)C(N)=O)C(C)(C)C. The minimum atomic E-state index is -2.71. The van der Waals surface area contributed by atoms with Crippen LogP contribution in [0, 0.1) is 10.3 Å². The van der Waals surface area contributed by atoms with Crippen LogP contribution < -0.4 is 16.4 Å². The van der Waals surface area contributed by atoms with Crippen molar-refractivity contribution in [2.75, 3.05) is 13.1 Å². The van der Waals surface area contributed by atoms with Crippen molar-refractivity contribution in [1.82, 2.24) is 15.5 Å². The van der Waals surface area contributed by atoms with Gasteiger partial charge in [0.25, 0.3) is 5.91 Å². The summed E-state index contributed by atoms with van der Waals surface area (Å²) in [6, 6.07) is -2.06. The summed E-state index contributed by atoms with van der Waals surface area (Å²) in [7, 11) is 0. The summed E-state index contributed by atoms with van der Waals surface area (Å²) >= 11 is 0. The molecule has 10 nitrogen and oxygen atoms in total. The fraction of sp³-hybridized carbons (Fsp3) is 0.789. The normalized spacial score (nSPS) is 19.0. The van der Waals surface area contributed by atoms with Crippen LogP contribution in [0.1, 0.15) is 54.4 Å². The number of halogens is 1. The van der Waals surface area contributed by atoms with Crippen molar-refractivity contribution in [3.63, 3.8) is 0 Å². The van der Waals surface area contributed by atoms with Crippen LogP contribution in [0.25, 0.3) is 0 Å². The molecule has 0 aliphatic carbocycles. The third kappa shape index (κ3) is 7.03. The van der Waals surface area contributed by atoms with Gasteiger partial charge in [0.2, 0.25) is 12.5 Å². The summed E-state index contributed by atoms with van der Waals surface area (Å²) < 4.78 is 13.7. The van der Waals surface area contributed by atoms with E-state index in [2.05, 4.69) is 10.6 Å². The maximum Gasteiger partial charge on any atom is 0.407 e. The molecule has 1 rings (SSSR count). The van der Waals surface area contributed by atoms with E-state index in [1.807, 2.05) is 0 Å². The number of alkyl halides is 1. The summed E-state index contributed by atoms with van der Waals surface area (Å²) in [5.41, 5.74) is 3.59. The molecular weight excluding hydrogens is 397 g/mol. The number of carbonyl (C=O) groups is 4. The van der Waals surface area contributed by atoms with Crippen molar-refractivity contribution in [2.45, 2.75) is 78.3 Å². The number of hydrogen-bond acceptors (Lipinski definition) is 5. The fourth-order valence-corrected chi connectivity index (χ4v) is 3.19. The molecule has 1 aliphatic heterocycles. The van der Waals surface area contributed by atoms with Gasteiger partial charge in [0.1, 0.15) is 6.04 Å². The molecule has 0 saturated carbocycles. The minimum Gasteiger partial charge on any atom is -0.363 e. The second kappa shape index (κ2) is 9.48. The van der Waals surface area contributed by atoms with E-state index >= 15 is 0 Å². The molecule has 3 unspecified atom stereocenters. The maximum absolute atomic E-state index is 13.9. The molecule has 0 aromatic heterocycles. The number of likely N-dealkylation sites (tertiary alicyclic amines) is 1. The number of ketones is 1. The molecule has 0 aromatic rings. The molecule has 0 spiro atoms. The third-order valence-corrected chi connectivity index (χ3v) is 4.64. The second-order valence-corrected chi connectivity index (χ2v) is 9.64. The van der Waals surface area contributed by atoms with Crippen LogP contribution in [-0.2, 0) is 14.4 Å². The van der Waals surface area contributed by atoms with Crippen molar-refractivity contribution in [2.24, 2.45) is 11.1 Å². The topological polar surface area (TPSA) is 142 Å². The number of carbonyl (C=O) groups excluding carboxylic acids is 4. The van der Waals surface area contributed by atoms with E-state index in [-0.39, 0.29) is 4.76 Å². The average Bonchev–Trinajstić information content (AvgIpc) is 3.03. The maximum atomic E-state index is 13.9. The predicted octanol–water partition coefficient (Wildman–Crippen LogP) is 0.619. The van der Waals surface area contributed by atoms with Gasteiger partial charge in [-0.05, 0) is 39.0 Å². The van der Waals surface area contributed by atoms with Gasteiger partial charge in [-0.1, -0.05) is 20.8 Å².